The van der Waals surface area contributed by atoms with E-state index < -0.39 is 0 Å². The van der Waals surface area contributed by atoms with Crippen LogP contribution in [0.2, 0.25) is 0 Å². The zero-order valence-electron chi connectivity index (χ0n) is 12.7. The zero-order valence-corrected chi connectivity index (χ0v) is 14.3. The Hall–Kier alpha value is -0.160. The molecule has 2 nitrogen and oxygen atoms in total. The van der Waals surface area contributed by atoms with Gasteiger partial charge in [0.05, 0.1) is 5.60 Å². The number of thioether (sulfide) groups is 2. The fourth-order valence-corrected chi connectivity index (χ4v) is 5.62. The molecule has 2 saturated heterocycles. The molecular formula is C17H25NOS2. The summed E-state index contributed by atoms with van der Waals surface area (Å²) in [5.41, 5.74) is 7.96. The summed E-state index contributed by atoms with van der Waals surface area (Å²) < 4.78 is 6.10. The van der Waals surface area contributed by atoms with E-state index in [1.165, 1.54) is 28.4 Å². The summed E-state index contributed by atoms with van der Waals surface area (Å²) in [6.07, 6.45) is 3.50. The van der Waals surface area contributed by atoms with Crippen molar-refractivity contribution in [2.24, 2.45) is 11.7 Å². The van der Waals surface area contributed by atoms with Gasteiger partial charge in [0.2, 0.25) is 0 Å². The smallest absolute Gasteiger partial charge is 0.0783 e. The van der Waals surface area contributed by atoms with Gasteiger partial charge in [-0.3, -0.25) is 0 Å². The maximum Gasteiger partial charge on any atom is 0.0783 e. The van der Waals surface area contributed by atoms with Crippen molar-refractivity contribution in [3.63, 3.8) is 0 Å². The van der Waals surface area contributed by atoms with Crippen LogP contribution in [0.3, 0.4) is 0 Å². The van der Waals surface area contributed by atoms with E-state index in [4.69, 9.17) is 10.5 Å². The van der Waals surface area contributed by atoms with Crippen LogP contribution in [-0.4, -0.2) is 35.5 Å². The van der Waals surface area contributed by atoms with E-state index in [1.807, 2.05) is 23.5 Å². The van der Waals surface area contributed by atoms with Gasteiger partial charge in [-0.1, -0.05) is 17.7 Å². The Morgan fingerprint density at radius 2 is 2.24 bits per heavy atom. The molecule has 0 saturated carbocycles. The molecule has 2 aliphatic heterocycles. The van der Waals surface area contributed by atoms with Crippen LogP contribution in [0.1, 0.15) is 24.8 Å². The average molecular weight is 324 g/mol. The molecule has 2 heterocycles. The van der Waals surface area contributed by atoms with Crippen molar-refractivity contribution in [3.05, 3.63) is 29.8 Å². The van der Waals surface area contributed by atoms with Crippen LogP contribution >= 0.6 is 23.5 Å². The number of hydrogen-bond acceptors (Lipinski definition) is 4. The van der Waals surface area contributed by atoms with E-state index in [0.29, 0.717) is 5.92 Å². The summed E-state index contributed by atoms with van der Waals surface area (Å²) in [7, 11) is 0. The molecule has 2 fully saturated rings. The van der Waals surface area contributed by atoms with Crippen LogP contribution in [0.5, 0.6) is 0 Å². The van der Waals surface area contributed by atoms with Crippen molar-refractivity contribution in [1.29, 1.82) is 0 Å². The molecule has 0 aliphatic carbocycles. The van der Waals surface area contributed by atoms with Gasteiger partial charge in [0.25, 0.3) is 0 Å². The van der Waals surface area contributed by atoms with E-state index in [2.05, 4.69) is 31.2 Å². The lowest BCUT2D eigenvalue weighted by atomic mass is 9.82. The van der Waals surface area contributed by atoms with Crippen molar-refractivity contribution in [2.75, 3.05) is 23.9 Å². The SMILES string of the molecule is Cc1ccc(SCC(N)C2CCOC3(CCSC3)C2)cc1. The summed E-state index contributed by atoms with van der Waals surface area (Å²) in [4.78, 5) is 1.33. The fourth-order valence-electron chi connectivity index (χ4n) is 3.26. The first-order chi connectivity index (χ1) is 10.2. The van der Waals surface area contributed by atoms with E-state index in [0.717, 1.165) is 25.2 Å². The topological polar surface area (TPSA) is 35.2 Å². The van der Waals surface area contributed by atoms with E-state index in [-0.39, 0.29) is 11.6 Å². The standard InChI is InChI=1S/C17H25NOS2/c1-13-2-4-15(5-3-13)21-11-16(18)14-6-8-19-17(10-14)7-9-20-12-17/h2-5,14,16H,6-12,18H2,1H3. The number of nitrogens with two attached hydrogens (primary N) is 1. The van der Waals surface area contributed by atoms with Gasteiger partial charge in [0.1, 0.15) is 0 Å². The summed E-state index contributed by atoms with van der Waals surface area (Å²) in [5.74, 6) is 4.05. The minimum Gasteiger partial charge on any atom is -0.374 e. The van der Waals surface area contributed by atoms with Gasteiger partial charge in [-0.15, -0.1) is 11.8 Å². The third-order valence-corrected chi connectivity index (χ3v) is 7.05. The van der Waals surface area contributed by atoms with E-state index in [1.54, 1.807) is 0 Å². The Labute approximate surface area is 136 Å². The predicted molar refractivity (Wildman–Crippen MR) is 93.2 cm³/mol. The van der Waals surface area contributed by atoms with E-state index >= 15 is 0 Å². The zero-order chi connectivity index (χ0) is 14.7. The molecule has 3 unspecified atom stereocenters. The number of aryl methyl sites for hydroxylation is 1. The molecule has 3 rings (SSSR count). The Kier molecular flexibility index (Phi) is 5.20. The first-order valence-corrected chi connectivity index (χ1v) is 9.98. The number of benzene rings is 1. The van der Waals surface area contributed by atoms with E-state index in [9.17, 15) is 0 Å². The van der Waals surface area contributed by atoms with Crippen LogP contribution in [0.15, 0.2) is 29.2 Å². The van der Waals surface area contributed by atoms with Crippen LogP contribution < -0.4 is 5.73 Å². The predicted octanol–water partition coefficient (Wildman–Crippen LogP) is 3.72. The second kappa shape index (κ2) is 6.95. The number of ether oxygens (including phenoxy) is 1. The van der Waals surface area contributed by atoms with Crippen molar-refractivity contribution in [2.45, 2.75) is 42.7 Å². The maximum absolute atomic E-state index is 6.49. The highest BCUT2D eigenvalue weighted by atomic mass is 32.2. The first-order valence-electron chi connectivity index (χ1n) is 7.84. The minimum absolute atomic E-state index is 0.153. The lowest BCUT2D eigenvalue weighted by Crippen LogP contribution is -2.46. The molecule has 1 spiro atoms. The van der Waals surface area contributed by atoms with Crippen LogP contribution in [0, 0.1) is 12.8 Å². The summed E-state index contributed by atoms with van der Waals surface area (Å²) in [6, 6.07) is 9.03. The van der Waals surface area contributed by atoms with Gasteiger partial charge >= 0.3 is 0 Å². The maximum atomic E-state index is 6.49. The van der Waals surface area contributed by atoms with Gasteiger partial charge in [-0.05, 0) is 50.0 Å². The molecule has 0 bridgehead atoms. The highest BCUT2D eigenvalue weighted by molar-refractivity contribution is 7.99. The molecule has 21 heavy (non-hydrogen) atoms. The number of hydrogen-bond donors (Lipinski definition) is 1. The molecule has 4 heteroatoms. The Bertz CT molecular complexity index is 456. The lowest BCUT2D eigenvalue weighted by molar-refractivity contribution is -0.0820. The molecule has 116 valence electrons. The second-order valence-corrected chi connectivity index (χ2v) is 8.57. The third-order valence-electron chi connectivity index (χ3n) is 4.67. The summed E-state index contributed by atoms with van der Waals surface area (Å²) >= 11 is 3.92. The van der Waals surface area contributed by atoms with Crippen molar-refractivity contribution in [1.82, 2.24) is 0 Å². The monoisotopic (exact) mass is 323 g/mol. The van der Waals surface area contributed by atoms with Gasteiger partial charge in [-0.2, -0.15) is 11.8 Å². The summed E-state index contributed by atoms with van der Waals surface area (Å²) in [5, 5.41) is 0. The molecular weight excluding hydrogens is 298 g/mol. The fraction of sp³-hybridized carbons (Fsp3) is 0.647. The first kappa shape index (κ1) is 15.7. The highest BCUT2D eigenvalue weighted by Crippen LogP contribution is 2.41. The molecule has 0 radical (unpaired) electrons. The van der Waals surface area contributed by atoms with Crippen LogP contribution in [0.4, 0.5) is 0 Å². The second-order valence-electron chi connectivity index (χ2n) is 6.37. The quantitative estimate of drug-likeness (QED) is 0.857. The molecule has 1 aromatic rings. The van der Waals surface area contributed by atoms with Crippen molar-refractivity contribution in [3.8, 4) is 0 Å². The number of rotatable bonds is 4. The minimum atomic E-state index is 0.153. The molecule has 2 aliphatic rings. The summed E-state index contributed by atoms with van der Waals surface area (Å²) in [6.45, 7) is 3.02. The van der Waals surface area contributed by atoms with Gasteiger partial charge < -0.3 is 10.5 Å². The lowest BCUT2D eigenvalue weighted by Gasteiger charge is -2.40. The Morgan fingerprint density at radius 1 is 1.43 bits per heavy atom. The highest BCUT2D eigenvalue weighted by Gasteiger charge is 2.41. The molecule has 3 atom stereocenters. The third kappa shape index (κ3) is 3.98. The average Bonchev–Trinajstić information content (AvgIpc) is 2.94. The van der Waals surface area contributed by atoms with Gasteiger partial charge in [0.15, 0.2) is 0 Å². The van der Waals surface area contributed by atoms with Gasteiger partial charge in [-0.25, -0.2) is 0 Å². The van der Waals surface area contributed by atoms with Gasteiger partial charge in [0, 0.05) is 29.0 Å². The Balaban J connectivity index is 1.52. The largest absolute Gasteiger partial charge is 0.374 e. The van der Waals surface area contributed by atoms with Crippen LogP contribution in [0.25, 0.3) is 0 Å². The molecule has 1 aromatic carbocycles. The molecule has 2 N–H and O–H groups in total. The van der Waals surface area contributed by atoms with Crippen LogP contribution in [-0.2, 0) is 4.74 Å². The molecule has 0 aromatic heterocycles. The van der Waals surface area contributed by atoms with Crippen molar-refractivity contribution < 1.29 is 4.74 Å². The Morgan fingerprint density at radius 3 is 2.95 bits per heavy atom. The normalized spacial score (nSPS) is 30.7. The molecule has 0 amide bonds. The van der Waals surface area contributed by atoms with Crippen molar-refractivity contribution >= 4 is 23.5 Å².